The lowest BCUT2D eigenvalue weighted by Crippen LogP contribution is -2.36. The van der Waals surface area contributed by atoms with E-state index in [4.69, 9.17) is 10.5 Å². The molecule has 8 heteroatoms. The van der Waals surface area contributed by atoms with Gasteiger partial charge in [-0.15, -0.1) is 36.2 Å². The lowest BCUT2D eigenvalue weighted by Gasteiger charge is -2.25. The lowest BCUT2D eigenvalue weighted by molar-refractivity contribution is 0.0996. The van der Waals surface area contributed by atoms with Gasteiger partial charge in [-0.1, -0.05) is 0 Å². The summed E-state index contributed by atoms with van der Waals surface area (Å²) in [5.74, 6) is -0.472. The van der Waals surface area contributed by atoms with Crippen LogP contribution in [0.1, 0.15) is 10.5 Å². The highest BCUT2D eigenvalue weighted by Crippen LogP contribution is 2.20. The maximum Gasteiger partial charge on any atom is 0.268 e. The van der Waals surface area contributed by atoms with Crippen molar-refractivity contribution in [1.29, 1.82) is 0 Å². The second kappa shape index (κ2) is 6.90. The zero-order valence-electron chi connectivity index (χ0n) is 8.42. The molecular formula is C8H13Cl2N3O2S. The third-order valence-corrected chi connectivity index (χ3v) is 2.93. The van der Waals surface area contributed by atoms with E-state index in [1.54, 1.807) is 5.38 Å². The highest BCUT2D eigenvalue weighted by atomic mass is 35.5. The van der Waals surface area contributed by atoms with Gasteiger partial charge in [0.05, 0.1) is 13.2 Å². The van der Waals surface area contributed by atoms with E-state index in [-0.39, 0.29) is 24.8 Å². The van der Waals surface area contributed by atoms with Crippen molar-refractivity contribution >= 4 is 47.2 Å². The number of primary amides is 1. The number of amides is 1. The van der Waals surface area contributed by atoms with Gasteiger partial charge in [-0.3, -0.25) is 4.79 Å². The van der Waals surface area contributed by atoms with Gasteiger partial charge in [0.25, 0.3) is 5.91 Å². The average molecular weight is 286 g/mol. The summed E-state index contributed by atoms with van der Waals surface area (Å²) in [6.07, 6.45) is 0. The first kappa shape index (κ1) is 15.4. The number of nitrogens with zero attached hydrogens (tertiary/aromatic N) is 2. The summed E-state index contributed by atoms with van der Waals surface area (Å²) < 4.78 is 5.22. The molecule has 0 spiro atoms. The molecule has 0 aromatic carbocycles. The summed E-state index contributed by atoms with van der Waals surface area (Å²) in [7, 11) is 0. The minimum atomic E-state index is -0.472. The summed E-state index contributed by atoms with van der Waals surface area (Å²) in [6, 6.07) is 0. The van der Waals surface area contributed by atoms with Crippen LogP contribution in [-0.2, 0) is 4.74 Å². The van der Waals surface area contributed by atoms with Crippen molar-refractivity contribution in [2.45, 2.75) is 0 Å². The fourth-order valence-corrected chi connectivity index (χ4v) is 2.15. The van der Waals surface area contributed by atoms with E-state index >= 15 is 0 Å². The van der Waals surface area contributed by atoms with Crippen LogP contribution in [0.5, 0.6) is 0 Å². The van der Waals surface area contributed by atoms with Gasteiger partial charge in [0.15, 0.2) is 5.13 Å². The minimum Gasteiger partial charge on any atom is -0.378 e. The van der Waals surface area contributed by atoms with Gasteiger partial charge in [-0.25, -0.2) is 4.98 Å². The molecule has 1 amide bonds. The molecule has 2 rings (SSSR count). The molecule has 0 radical (unpaired) electrons. The summed E-state index contributed by atoms with van der Waals surface area (Å²) in [5, 5.41) is 2.54. The largest absolute Gasteiger partial charge is 0.378 e. The number of rotatable bonds is 2. The van der Waals surface area contributed by atoms with Crippen LogP contribution in [0.3, 0.4) is 0 Å². The average Bonchev–Trinajstić information content (AvgIpc) is 2.68. The standard InChI is InChI=1S/C8H11N3O2S.2ClH/c9-7(12)6-5-14-8(10-6)11-1-3-13-4-2-11;;/h5H,1-4H2,(H2,9,12);2*1H. The third kappa shape index (κ3) is 3.48. The normalized spacial score (nSPS) is 14.9. The van der Waals surface area contributed by atoms with E-state index < -0.39 is 5.91 Å². The Balaban J connectivity index is 0.00000112. The molecule has 0 saturated carbocycles. The second-order valence-corrected chi connectivity index (χ2v) is 3.82. The number of ether oxygens (including phenoxy) is 1. The highest BCUT2D eigenvalue weighted by Gasteiger charge is 2.15. The van der Waals surface area contributed by atoms with Crippen LogP contribution >= 0.6 is 36.2 Å². The molecule has 1 fully saturated rings. The number of carbonyl (C=O) groups excluding carboxylic acids is 1. The molecule has 1 aromatic rings. The first-order valence-corrected chi connectivity index (χ1v) is 5.23. The van der Waals surface area contributed by atoms with Crippen molar-refractivity contribution in [1.82, 2.24) is 4.98 Å². The van der Waals surface area contributed by atoms with E-state index in [1.165, 1.54) is 11.3 Å². The van der Waals surface area contributed by atoms with Crippen LogP contribution in [-0.4, -0.2) is 37.2 Å². The highest BCUT2D eigenvalue weighted by molar-refractivity contribution is 7.13. The molecular weight excluding hydrogens is 273 g/mol. The van der Waals surface area contributed by atoms with Gasteiger partial charge < -0.3 is 15.4 Å². The third-order valence-electron chi connectivity index (χ3n) is 2.03. The number of nitrogens with two attached hydrogens (primary N) is 1. The number of morpholine rings is 1. The van der Waals surface area contributed by atoms with Crippen molar-refractivity contribution in [3.8, 4) is 0 Å². The molecule has 2 heterocycles. The van der Waals surface area contributed by atoms with Crippen molar-refractivity contribution in [3.63, 3.8) is 0 Å². The summed E-state index contributed by atoms with van der Waals surface area (Å²) >= 11 is 1.44. The Bertz CT molecular complexity index is 342. The molecule has 92 valence electrons. The fraction of sp³-hybridized carbons (Fsp3) is 0.500. The minimum absolute atomic E-state index is 0. The molecule has 1 aromatic heterocycles. The smallest absolute Gasteiger partial charge is 0.268 e. The van der Waals surface area contributed by atoms with Gasteiger partial charge >= 0.3 is 0 Å². The van der Waals surface area contributed by atoms with Gasteiger partial charge in [-0.05, 0) is 0 Å². The molecule has 0 atom stereocenters. The number of carbonyl (C=O) groups is 1. The molecule has 1 aliphatic heterocycles. The van der Waals surface area contributed by atoms with E-state index in [2.05, 4.69) is 9.88 Å². The van der Waals surface area contributed by atoms with Gasteiger partial charge in [-0.2, -0.15) is 0 Å². The number of aromatic nitrogens is 1. The van der Waals surface area contributed by atoms with Crippen LogP contribution in [0.25, 0.3) is 0 Å². The van der Waals surface area contributed by atoms with Crippen molar-refractivity contribution in [3.05, 3.63) is 11.1 Å². The molecule has 0 aliphatic carbocycles. The zero-order chi connectivity index (χ0) is 9.97. The maximum atomic E-state index is 10.8. The van der Waals surface area contributed by atoms with E-state index in [0.717, 1.165) is 18.2 Å². The van der Waals surface area contributed by atoms with E-state index in [0.29, 0.717) is 18.9 Å². The summed E-state index contributed by atoms with van der Waals surface area (Å²) in [5.41, 5.74) is 5.46. The Morgan fingerprint density at radius 1 is 1.44 bits per heavy atom. The number of hydrogen-bond donors (Lipinski definition) is 1. The van der Waals surface area contributed by atoms with Crippen LogP contribution in [0.15, 0.2) is 5.38 Å². The Morgan fingerprint density at radius 2 is 2.06 bits per heavy atom. The monoisotopic (exact) mass is 285 g/mol. The predicted molar refractivity (Wildman–Crippen MR) is 68.2 cm³/mol. The second-order valence-electron chi connectivity index (χ2n) is 2.98. The number of anilines is 1. The Hall–Kier alpha value is -0.560. The van der Waals surface area contributed by atoms with Gasteiger partial charge in [0.2, 0.25) is 0 Å². The predicted octanol–water partition coefficient (Wildman–Crippen LogP) is 0.922. The fourth-order valence-electron chi connectivity index (χ4n) is 1.28. The Morgan fingerprint density at radius 3 is 2.56 bits per heavy atom. The zero-order valence-corrected chi connectivity index (χ0v) is 10.9. The maximum absolute atomic E-state index is 10.8. The van der Waals surface area contributed by atoms with Crippen molar-refractivity contribution < 1.29 is 9.53 Å². The first-order chi connectivity index (χ1) is 6.77. The lowest BCUT2D eigenvalue weighted by atomic mass is 10.4. The van der Waals surface area contributed by atoms with Gasteiger partial charge in [0, 0.05) is 18.5 Å². The molecule has 5 nitrogen and oxygen atoms in total. The molecule has 1 aliphatic rings. The molecule has 16 heavy (non-hydrogen) atoms. The first-order valence-electron chi connectivity index (χ1n) is 4.35. The van der Waals surface area contributed by atoms with E-state index in [9.17, 15) is 4.79 Å². The number of halogens is 2. The summed E-state index contributed by atoms with van der Waals surface area (Å²) in [6.45, 7) is 3.08. The van der Waals surface area contributed by atoms with Crippen LogP contribution in [0.4, 0.5) is 5.13 Å². The molecule has 1 saturated heterocycles. The van der Waals surface area contributed by atoms with Crippen LogP contribution in [0.2, 0.25) is 0 Å². The molecule has 0 unspecified atom stereocenters. The molecule has 2 N–H and O–H groups in total. The Kier molecular flexibility index (Phi) is 6.66. The number of hydrogen-bond acceptors (Lipinski definition) is 5. The van der Waals surface area contributed by atoms with Gasteiger partial charge in [0.1, 0.15) is 5.69 Å². The van der Waals surface area contributed by atoms with E-state index in [1.807, 2.05) is 0 Å². The quantitative estimate of drug-likeness (QED) is 0.878. The van der Waals surface area contributed by atoms with Crippen LogP contribution < -0.4 is 10.6 Å². The molecule has 0 bridgehead atoms. The number of thiazole rings is 1. The van der Waals surface area contributed by atoms with Crippen LogP contribution in [0, 0.1) is 0 Å². The topological polar surface area (TPSA) is 68.5 Å². The van der Waals surface area contributed by atoms with Crippen molar-refractivity contribution in [2.75, 3.05) is 31.2 Å². The Labute approximate surface area is 110 Å². The SMILES string of the molecule is Cl.Cl.NC(=O)c1csc(N2CCOCC2)n1. The summed E-state index contributed by atoms with van der Waals surface area (Å²) in [4.78, 5) is 17.1. The van der Waals surface area contributed by atoms with Crippen molar-refractivity contribution in [2.24, 2.45) is 5.73 Å².